The molecule has 0 radical (unpaired) electrons. The van der Waals surface area contributed by atoms with Crippen LogP contribution in [0.1, 0.15) is 31.9 Å². The molecule has 0 unspecified atom stereocenters. The first-order valence-electron chi connectivity index (χ1n) is 8.31. The topological polar surface area (TPSA) is 35.5 Å². The molecule has 1 fully saturated rings. The molecule has 0 bridgehead atoms. The zero-order chi connectivity index (χ0) is 15.5. The molecule has 0 spiro atoms. The van der Waals surface area contributed by atoms with Crippen LogP contribution in [0.4, 0.5) is 0 Å². The number of hydrogen-bond acceptors (Lipinski definition) is 3. The zero-order valence-corrected chi connectivity index (χ0v) is 16.0. The highest BCUT2D eigenvalue weighted by molar-refractivity contribution is 5.86. The highest BCUT2D eigenvalue weighted by Crippen LogP contribution is 2.31. The number of hydrogen-bond donors (Lipinski definition) is 2. The van der Waals surface area contributed by atoms with Gasteiger partial charge in [-0.25, -0.2) is 0 Å². The van der Waals surface area contributed by atoms with Crippen molar-refractivity contribution in [2.24, 2.45) is 5.92 Å². The molecule has 0 aromatic heterocycles. The van der Waals surface area contributed by atoms with E-state index in [2.05, 4.69) is 42.3 Å². The summed E-state index contributed by atoms with van der Waals surface area (Å²) in [5, 5.41) is 15.4. The summed E-state index contributed by atoms with van der Waals surface area (Å²) in [7, 11) is 0. The molecule has 0 aliphatic carbocycles. The predicted octanol–water partition coefficient (Wildman–Crippen LogP) is 4.38. The fourth-order valence-electron chi connectivity index (χ4n) is 3.40. The lowest BCUT2D eigenvalue weighted by molar-refractivity contribution is 0.154. The van der Waals surface area contributed by atoms with Crippen LogP contribution in [0.2, 0.25) is 0 Å². The van der Waals surface area contributed by atoms with Crippen LogP contribution in [-0.4, -0.2) is 36.2 Å². The van der Waals surface area contributed by atoms with Gasteiger partial charge in [0.25, 0.3) is 0 Å². The molecule has 1 aliphatic rings. The number of rotatable bonds is 4. The molecular weight excluding hydrogens is 343 g/mol. The Bertz CT molecular complexity index is 642. The molecule has 0 amide bonds. The number of phenolic OH excluding ortho intramolecular Hbond substituents is 1. The summed E-state index contributed by atoms with van der Waals surface area (Å²) in [6.07, 6.45) is 1.18. The number of halogens is 2. The van der Waals surface area contributed by atoms with Crippen LogP contribution >= 0.6 is 24.8 Å². The Morgan fingerprint density at radius 3 is 2.29 bits per heavy atom. The summed E-state index contributed by atoms with van der Waals surface area (Å²) in [6.45, 7) is 8.99. The molecule has 1 aliphatic heterocycles. The van der Waals surface area contributed by atoms with Gasteiger partial charge < -0.3 is 10.4 Å². The molecule has 134 valence electrons. The van der Waals surface area contributed by atoms with E-state index >= 15 is 0 Å². The lowest BCUT2D eigenvalue weighted by Crippen LogP contribution is -2.45. The van der Waals surface area contributed by atoms with Gasteiger partial charge in [0.05, 0.1) is 0 Å². The highest BCUT2D eigenvalue weighted by atomic mass is 35.5. The van der Waals surface area contributed by atoms with Crippen molar-refractivity contribution >= 4 is 35.6 Å². The molecule has 1 atom stereocenters. The Kier molecular flexibility index (Phi) is 8.31. The largest absolute Gasteiger partial charge is 0.508 e. The molecular formula is C19H28Cl2N2O. The Balaban J connectivity index is 0.00000144. The second-order valence-electron chi connectivity index (χ2n) is 6.72. The van der Waals surface area contributed by atoms with E-state index in [1.54, 1.807) is 6.07 Å². The summed E-state index contributed by atoms with van der Waals surface area (Å²) in [6, 6.07) is 12.8. The van der Waals surface area contributed by atoms with Crippen molar-refractivity contribution < 1.29 is 5.11 Å². The van der Waals surface area contributed by atoms with Crippen molar-refractivity contribution in [3.05, 3.63) is 42.0 Å². The molecule has 2 N–H and O–H groups in total. The number of nitrogens with zero attached hydrogens (tertiary/aromatic N) is 1. The van der Waals surface area contributed by atoms with Gasteiger partial charge in [0.1, 0.15) is 5.75 Å². The Hall–Kier alpha value is -1.000. The second kappa shape index (κ2) is 9.47. The average Bonchev–Trinajstić information content (AvgIpc) is 2.53. The standard InChI is InChI=1S/C19H26N2O.2ClH/c1-14(2)11-19(21-9-7-20-8-10-21)17-4-3-16-13-18(22)6-5-15(16)12-17;;/h3-6,12-14,19-20,22H,7-11H2,1-2H3;2*1H/t19-;;/m0../s1. The first-order valence-corrected chi connectivity index (χ1v) is 8.31. The van der Waals surface area contributed by atoms with Crippen LogP contribution in [0.25, 0.3) is 10.8 Å². The number of phenols is 1. The maximum absolute atomic E-state index is 9.62. The fourth-order valence-corrected chi connectivity index (χ4v) is 3.40. The summed E-state index contributed by atoms with van der Waals surface area (Å²) < 4.78 is 0. The predicted molar refractivity (Wildman–Crippen MR) is 107 cm³/mol. The van der Waals surface area contributed by atoms with Crippen LogP contribution in [0.15, 0.2) is 36.4 Å². The van der Waals surface area contributed by atoms with E-state index in [-0.39, 0.29) is 24.8 Å². The summed E-state index contributed by atoms with van der Waals surface area (Å²) in [5.41, 5.74) is 1.40. The minimum Gasteiger partial charge on any atom is -0.508 e. The summed E-state index contributed by atoms with van der Waals surface area (Å²) in [4.78, 5) is 2.61. The fraction of sp³-hybridized carbons (Fsp3) is 0.474. The van der Waals surface area contributed by atoms with Crippen LogP contribution in [-0.2, 0) is 0 Å². The molecule has 0 saturated carbocycles. The van der Waals surface area contributed by atoms with Gasteiger partial charge in [-0.15, -0.1) is 24.8 Å². The zero-order valence-electron chi connectivity index (χ0n) is 14.4. The van der Waals surface area contributed by atoms with Gasteiger partial charge in [-0.05, 0) is 46.9 Å². The maximum Gasteiger partial charge on any atom is 0.116 e. The SMILES string of the molecule is CC(C)C[C@@H](c1ccc2cc(O)ccc2c1)N1CCNCC1.Cl.Cl. The van der Waals surface area contributed by atoms with Crippen LogP contribution in [0.3, 0.4) is 0 Å². The highest BCUT2D eigenvalue weighted by Gasteiger charge is 2.23. The minimum absolute atomic E-state index is 0. The number of piperazine rings is 1. The quantitative estimate of drug-likeness (QED) is 0.837. The van der Waals surface area contributed by atoms with Gasteiger partial charge in [-0.2, -0.15) is 0 Å². The lowest BCUT2D eigenvalue weighted by atomic mass is 9.93. The van der Waals surface area contributed by atoms with E-state index in [1.165, 1.54) is 17.4 Å². The molecule has 2 aromatic rings. The van der Waals surface area contributed by atoms with Crippen LogP contribution < -0.4 is 5.32 Å². The second-order valence-corrected chi connectivity index (χ2v) is 6.72. The number of fused-ring (bicyclic) bond motifs is 1. The van der Waals surface area contributed by atoms with Crippen molar-refractivity contribution in [2.75, 3.05) is 26.2 Å². The third-order valence-electron chi connectivity index (χ3n) is 4.52. The number of nitrogens with one attached hydrogen (secondary N) is 1. The van der Waals surface area contributed by atoms with Gasteiger partial charge in [0.2, 0.25) is 0 Å². The third kappa shape index (κ3) is 5.00. The molecule has 1 heterocycles. The van der Waals surface area contributed by atoms with Gasteiger partial charge in [-0.3, -0.25) is 4.90 Å². The monoisotopic (exact) mass is 370 g/mol. The average molecular weight is 371 g/mol. The van der Waals surface area contributed by atoms with E-state index in [9.17, 15) is 5.11 Å². The third-order valence-corrected chi connectivity index (χ3v) is 4.52. The minimum atomic E-state index is 0. The van der Waals surface area contributed by atoms with Crippen molar-refractivity contribution in [1.82, 2.24) is 10.2 Å². The summed E-state index contributed by atoms with van der Waals surface area (Å²) >= 11 is 0. The number of aromatic hydroxyl groups is 1. The van der Waals surface area contributed by atoms with Gasteiger partial charge in [-0.1, -0.05) is 32.0 Å². The molecule has 1 saturated heterocycles. The van der Waals surface area contributed by atoms with Crippen molar-refractivity contribution in [3.8, 4) is 5.75 Å². The van der Waals surface area contributed by atoms with Crippen molar-refractivity contribution in [3.63, 3.8) is 0 Å². The van der Waals surface area contributed by atoms with Crippen LogP contribution in [0.5, 0.6) is 5.75 Å². The summed E-state index contributed by atoms with van der Waals surface area (Å²) in [5.74, 6) is 1.01. The lowest BCUT2D eigenvalue weighted by Gasteiger charge is -2.36. The first kappa shape index (κ1) is 21.0. The van der Waals surface area contributed by atoms with E-state index < -0.39 is 0 Å². The van der Waals surface area contributed by atoms with Crippen molar-refractivity contribution in [1.29, 1.82) is 0 Å². The first-order chi connectivity index (χ1) is 10.6. The molecule has 3 rings (SSSR count). The maximum atomic E-state index is 9.62. The molecule has 5 heteroatoms. The normalized spacial score (nSPS) is 16.5. The van der Waals surface area contributed by atoms with E-state index in [1.807, 2.05) is 12.1 Å². The van der Waals surface area contributed by atoms with Crippen molar-refractivity contribution in [2.45, 2.75) is 26.3 Å². The smallest absolute Gasteiger partial charge is 0.116 e. The molecule has 2 aromatic carbocycles. The van der Waals surface area contributed by atoms with Gasteiger partial charge in [0, 0.05) is 32.2 Å². The Labute approximate surface area is 157 Å². The van der Waals surface area contributed by atoms with E-state index in [0.717, 1.165) is 31.6 Å². The van der Waals surface area contributed by atoms with E-state index in [0.29, 0.717) is 17.7 Å². The number of benzene rings is 2. The van der Waals surface area contributed by atoms with E-state index in [4.69, 9.17) is 0 Å². The molecule has 24 heavy (non-hydrogen) atoms. The van der Waals surface area contributed by atoms with Gasteiger partial charge in [0.15, 0.2) is 0 Å². The van der Waals surface area contributed by atoms with Crippen LogP contribution in [0, 0.1) is 5.92 Å². The van der Waals surface area contributed by atoms with Gasteiger partial charge >= 0.3 is 0 Å². The Morgan fingerprint density at radius 1 is 1.00 bits per heavy atom. The molecule has 3 nitrogen and oxygen atoms in total. The Morgan fingerprint density at radius 2 is 1.62 bits per heavy atom.